The fraction of sp³-hybridized carbons (Fsp3) is 0.200. The molecule has 0 aromatic heterocycles. The summed E-state index contributed by atoms with van der Waals surface area (Å²) in [7, 11) is 0. The van der Waals surface area contributed by atoms with Crippen molar-refractivity contribution < 1.29 is 9.50 Å². The largest absolute Gasteiger partial charge is 0.394 e. The van der Waals surface area contributed by atoms with E-state index in [4.69, 9.17) is 23.2 Å². The summed E-state index contributed by atoms with van der Waals surface area (Å²) in [5, 5.41) is 13.8. The van der Waals surface area contributed by atoms with Crippen molar-refractivity contribution in [2.24, 2.45) is 0 Å². The number of hydrogen-bond acceptors (Lipinski definition) is 2. The van der Waals surface area contributed by atoms with Crippen molar-refractivity contribution in [3.63, 3.8) is 0 Å². The zero-order valence-electron chi connectivity index (χ0n) is 10.8. The van der Waals surface area contributed by atoms with Crippen LogP contribution in [0.4, 0.5) is 10.1 Å². The maximum Gasteiger partial charge on any atom is 0.124 e. The van der Waals surface area contributed by atoms with Gasteiger partial charge in [0.05, 0.1) is 12.1 Å². The second kappa shape index (κ2) is 6.00. The average Bonchev–Trinajstić information content (AvgIpc) is 2.41. The lowest BCUT2D eigenvalue weighted by atomic mass is 9.92. The first kappa shape index (κ1) is 15.1. The molecule has 1 atom stereocenters. The van der Waals surface area contributed by atoms with Gasteiger partial charge in [0.25, 0.3) is 0 Å². The van der Waals surface area contributed by atoms with Gasteiger partial charge in [-0.1, -0.05) is 29.3 Å². The molecule has 0 spiro atoms. The Labute approximate surface area is 127 Å². The second-order valence-corrected chi connectivity index (χ2v) is 5.59. The van der Waals surface area contributed by atoms with Gasteiger partial charge in [-0.2, -0.15) is 0 Å². The lowest BCUT2D eigenvalue weighted by Crippen LogP contribution is -2.36. The quantitative estimate of drug-likeness (QED) is 0.874. The summed E-state index contributed by atoms with van der Waals surface area (Å²) in [6.45, 7) is 1.60. The molecule has 0 aliphatic heterocycles. The molecule has 2 rings (SSSR count). The highest BCUT2D eigenvalue weighted by atomic mass is 35.5. The summed E-state index contributed by atoms with van der Waals surface area (Å²) in [5.74, 6) is -0.412. The standard InChI is InChI=1S/C15H14Cl2FNO/c1-15(9-20,13-7-4-11(18)8-14(13)17)19-12-5-2-10(16)3-6-12/h2-8,19-20H,9H2,1H3. The van der Waals surface area contributed by atoms with Gasteiger partial charge in [0.2, 0.25) is 0 Å². The summed E-state index contributed by atoms with van der Waals surface area (Å²) in [5.41, 5.74) is 0.586. The first-order chi connectivity index (χ1) is 9.44. The van der Waals surface area contributed by atoms with Crippen LogP contribution < -0.4 is 5.32 Å². The Bertz CT molecular complexity index is 603. The van der Waals surface area contributed by atoms with Crippen LogP contribution in [0, 0.1) is 5.82 Å². The van der Waals surface area contributed by atoms with Crippen LogP contribution in [0.15, 0.2) is 42.5 Å². The van der Waals surface area contributed by atoms with E-state index in [1.807, 2.05) is 0 Å². The van der Waals surface area contributed by atoms with E-state index in [0.29, 0.717) is 10.6 Å². The van der Waals surface area contributed by atoms with Gasteiger partial charge in [-0.15, -0.1) is 0 Å². The topological polar surface area (TPSA) is 32.3 Å². The third kappa shape index (κ3) is 3.23. The Morgan fingerprint density at radius 2 is 1.80 bits per heavy atom. The van der Waals surface area contributed by atoms with Gasteiger partial charge in [-0.3, -0.25) is 0 Å². The van der Waals surface area contributed by atoms with Crippen molar-refractivity contribution in [2.45, 2.75) is 12.5 Å². The predicted molar refractivity (Wildman–Crippen MR) is 80.9 cm³/mol. The van der Waals surface area contributed by atoms with Gasteiger partial charge in [0, 0.05) is 15.7 Å². The molecule has 0 aliphatic rings. The molecule has 20 heavy (non-hydrogen) atoms. The highest BCUT2D eigenvalue weighted by Crippen LogP contribution is 2.32. The van der Waals surface area contributed by atoms with Gasteiger partial charge in [-0.05, 0) is 48.9 Å². The molecule has 0 fully saturated rings. The Morgan fingerprint density at radius 3 is 2.35 bits per heavy atom. The van der Waals surface area contributed by atoms with Gasteiger partial charge in [0.1, 0.15) is 5.82 Å². The lowest BCUT2D eigenvalue weighted by Gasteiger charge is -2.31. The molecule has 1 unspecified atom stereocenters. The van der Waals surface area contributed by atoms with E-state index >= 15 is 0 Å². The second-order valence-electron chi connectivity index (χ2n) is 4.75. The number of hydrogen-bond donors (Lipinski definition) is 2. The Kier molecular flexibility index (Phi) is 4.53. The first-order valence-electron chi connectivity index (χ1n) is 6.05. The SMILES string of the molecule is CC(CO)(Nc1ccc(Cl)cc1)c1ccc(F)cc1Cl. The van der Waals surface area contributed by atoms with Gasteiger partial charge in [0.15, 0.2) is 0 Å². The van der Waals surface area contributed by atoms with E-state index in [2.05, 4.69) is 5.32 Å². The minimum atomic E-state index is -0.821. The average molecular weight is 314 g/mol. The smallest absolute Gasteiger partial charge is 0.124 e. The lowest BCUT2D eigenvalue weighted by molar-refractivity contribution is 0.224. The predicted octanol–water partition coefficient (Wildman–Crippen LogP) is 4.45. The van der Waals surface area contributed by atoms with Crippen molar-refractivity contribution >= 4 is 28.9 Å². The van der Waals surface area contributed by atoms with Crippen LogP contribution in [0.25, 0.3) is 0 Å². The molecule has 0 saturated heterocycles. The van der Waals surface area contributed by atoms with Crippen LogP contribution in [-0.4, -0.2) is 11.7 Å². The molecule has 0 aliphatic carbocycles. The van der Waals surface area contributed by atoms with Crippen LogP contribution in [0.2, 0.25) is 10.0 Å². The monoisotopic (exact) mass is 313 g/mol. The van der Waals surface area contributed by atoms with E-state index in [1.165, 1.54) is 12.1 Å². The maximum atomic E-state index is 13.1. The summed E-state index contributed by atoms with van der Waals surface area (Å²) >= 11 is 11.9. The Hall–Kier alpha value is -1.29. The van der Waals surface area contributed by atoms with Crippen molar-refractivity contribution in [1.29, 1.82) is 0 Å². The minimum absolute atomic E-state index is 0.193. The van der Waals surface area contributed by atoms with Gasteiger partial charge in [-0.25, -0.2) is 4.39 Å². The van der Waals surface area contributed by atoms with E-state index in [-0.39, 0.29) is 11.6 Å². The van der Waals surface area contributed by atoms with Crippen LogP contribution in [0.5, 0.6) is 0 Å². The normalized spacial score (nSPS) is 13.8. The molecule has 106 valence electrons. The molecule has 2 aromatic rings. The van der Waals surface area contributed by atoms with Crippen LogP contribution in [-0.2, 0) is 5.54 Å². The molecule has 0 heterocycles. The molecular weight excluding hydrogens is 300 g/mol. The summed E-state index contributed by atoms with van der Waals surface area (Å²) < 4.78 is 13.1. The number of anilines is 1. The Balaban J connectivity index is 2.35. The number of rotatable bonds is 4. The van der Waals surface area contributed by atoms with E-state index < -0.39 is 11.4 Å². The molecular formula is C15H14Cl2FNO. The summed E-state index contributed by atoms with van der Waals surface area (Å²) in [6.07, 6.45) is 0. The first-order valence-corrected chi connectivity index (χ1v) is 6.80. The summed E-state index contributed by atoms with van der Waals surface area (Å²) in [4.78, 5) is 0. The van der Waals surface area contributed by atoms with E-state index in [0.717, 1.165) is 5.69 Å². The number of nitrogens with one attached hydrogen (secondary N) is 1. The number of aliphatic hydroxyl groups is 1. The fourth-order valence-electron chi connectivity index (χ4n) is 1.98. The van der Waals surface area contributed by atoms with Crippen LogP contribution in [0.3, 0.4) is 0 Å². The molecule has 5 heteroatoms. The van der Waals surface area contributed by atoms with Crippen molar-refractivity contribution in [1.82, 2.24) is 0 Å². The zero-order chi connectivity index (χ0) is 14.8. The van der Waals surface area contributed by atoms with Crippen molar-refractivity contribution in [2.75, 3.05) is 11.9 Å². The molecule has 0 bridgehead atoms. The van der Waals surface area contributed by atoms with Crippen LogP contribution in [0.1, 0.15) is 12.5 Å². The van der Waals surface area contributed by atoms with Crippen molar-refractivity contribution in [3.05, 3.63) is 63.9 Å². The third-order valence-electron chi connectivity index (χ3n) is 3.11. The van der Waals surface area contributed by atoms with E-state index in [9.17, 15) is 9.50 Å². The van der Waals surface area contributed by atoms with E-state index in [1.54, 1.807) is 37.3 Å². The third-order valence-corrected chi connectivity index (χ3v) is 3.67. The number of aliphatic hydroxyl groups excluding tert-OH is 1. The van der Waals surface area contributed by atoms with Crippen LogP contribution >= 0.6 is 23.2 Å². The number of halogens is 3. The van der Waals surface area contributed by atoms with Crippen molar-refractivity contribution in [3.8, 4) is 0 Å². The molecule has 2 N–H and O–H groups in total. The molecule has 2 aromatic carbocycles. The molecule has 2 nitrogen and oxygen atoms in total. The minimum Gasteiger partial charge on any atom is -0.394 e. The zero-order valence-corrected chi connectivity index (χ0v) is 12.3. The maximum absolute atomic E-state index is 13.1. The van der Waals surface area contributed by atoms with Gasteiger partial charge >= 0.3 is 0 Å². The molecule has 0 radical (unpaired) electrons. The highest BCUT2D eigenvalue weighted by Gasteiger charge is 2.28. The Morgan fingerprint density at radius 1 is 1.15 bits per heavy atom. The van der Waals surface area contributed by atoms with Gasteiger partial charge < -0.3 is 10.4 Å². The molecule has 0 amide bonds. The highest BCUT2D eigenvalue weighted by molar-refractivity contribution is 6.31. The molecule has 0 saturated carbocycles. The fourth-order valence-corrected chi connectivity index (χ4v) is 2.48. The summed E-state index contributed by atoms with van der Waals surface area (Å²) in [6, 6.07) is 11.2. The number of benzene rings is 2.